The zero-order chi connectivity index (χ0) is 15.0. The van der Waals surface area contributed by atoms with Crippen LogP contribution in [0.15, 0.2) is 16.7 Å². The van der Waals surface area contributed by atoms with Crippen LogP contribution >= 0.6 is 0 Å². The molecular weight excluding hydrogens is 268 g/mol. The highest BCUT2D eigenvalue weighted by Gasteiger charge is 2.28. The minimum absolute atomic E-state index is 0.0421. The molecule has 0 aromatic carbocycles. The van der Waals surface area contributed by atoms with Gasteiger partial charge in [-0.05, 0) is 39.7 Å². The number of aromatic nitrogens is 3. The summed E-state index contributed by atoms with van der Waals surface area (Å²) in [6.45, 7) is 7.13. The molecule has 1 aliphatic rings. The first-order valence-electron chi connectivity index (χ1n) is 7.29. The molecule has 3 heterocycles. The lowest BCUT2D eigenvalue weighted by Gasteiger charge is -2.33. The molecule has 0 radical (unpaired) electrons. The maximum atomic E-state index is 12.6. The highest BCUT2D eigenvalue weighted by molar-refractivity contribution is 5.95. The smallest absolute Gasteiger partial charge is 0.257 e. The first kappa shape index (κ1) is 13.9. The summed E-state index contributed by atoms with van der Waals surface area (Å²) in [7, 11) is 0. The van der Waals surface area contributed by atoms with Crippen LogP contribution in [0.5, 0.6) is 0 Å². The van der Waals surface area contributed by atoms with Gasteiger partial charge >= 0.3 is 0 Å². The average Bonchev–Trinajstić information content (AvgIpc) is 3.03. The molecule has 2 aromatic rings. The summed E-state index contributed by atoms with van der Waals surface area (Å²) in [4.78, 5) is 18.8. The molecule has 0 bridgehead atoms. The van der Waals surface area contributed by atoms with Gasteiger partial charge in [-0.2, -0.15) is 5.10 Å². The molecule has 6 nitrogen and oxygen atoms in total. The van der Waals surface area contributed by atoms with Crippen molar-refractivity contribution < 1.29 is 9.21 Å². The van der Waals surface area contributed by atoms with Crippen molar-refractivity contribution in [1.29, 1.82) is 0 Å². The lowest BCUT2D eigenvalue weighted by molar-refractivity contribution is 0.0669. The van der Waals surface area contributed by atoms with Crippen LogP contribution in [0.25, 0.3) is 0 Å². The SMILES string of the molecule is Cc1nc(C)n([C@@H]2CCCN(C(=O)c3ccoc3C)C2)n1. The standard InChI is InChI=1S/C15H20N4O2/c1-10-14(6-8-21-10)15(20)18-7-4-5-13(9-18)19-12(3)16-11(2)17-19/h6,8,13H,4-5,7,9H2,1-3H3/t13-/m1/s1. The van der Waals surface area contributed by atoms with Gasteiger partial charge in [-0.15, -0.1) is 0 Å². The molecule has 1 fully saturated rings. The number of amides is 1. The van der Waals surface area contributed by atoms with Crippen LogP contribution in [0.3, 0.4) is 0 Å². The summed E-state index contributed by atoms with van der Waals surface area (Å²) < 4.78 is 7.19. The van der Waals surface area contributed by atoms with Gasteiger partial charge in [0.15, 0.2) is 0 Å². The molecule has 1 amide bonds. The highest BCUT2D eigenvalue weighted by Crippen LogP contribution is 2.24. The van der Waals surface area contributed by atoms with E-state index in [9.17, 15) is 4.79 Å². The van der Waals surface area contributed by atoms with E-state index >= 15 is 0 Å². The van der Waals surface area contributed by atoms with Gasteiger partial charge < -0.3 is 9.32 Å². The molecule has 6 heteroatoms. The predicted molar refractivity (Wildman–Crippen MR) is 77.1 cm³/mol. The average molecular weight is 288 g/mol. The zero-order valence-electron chi connectivity index (χ0n) is 12.7. The van der Waals surface area contributed by atoms with Crippen molar-refractivity contribution >= 4 is 5.91 Å². The number of carbonyl (C=O) groups is 1. The van der Waals surface area contributed by atoms with E-state index in [0.29, 0.717) is 17.9 Å². The Hall–Kier alpha value is -2.11. The minimum atomic E-state index is 0.0421. The molecule has 0 unspecified atom stereocenters. The van der Waals surface area contributed by atoms with E-state index in [2.05, 4.69) is 10.1 Å². The molecule has 0 aliphatic carbocycles. The summed E-state index contributed by atoms with van der Waals surface area (Å²) >= 11 is 0. The van der Waals surface area contributed by atoms with Crippen molar-refractivity contribution in [3.8, 4) is 0 Å². The van der Waals surface area contributed by atoms with Gasteiger partial charge in [0.05, 0.1) is 17.9 Å². The molecule has 1 atom stereocenters. The third-order valence-electron chi connectivity index (χ3n) is 4.03. The Morgan fingerprint density at radius 1 is 1.38 bits per heavy atom. The van der Waals surface area contributed by atoms with Crippen molar-refractivity contribution in [3.63, 3.8) is 0 Å². The van der Waals surface area contributed by atoms with Crippen LogP contribution in [0.1, 0.15) is 46.7 Å². The Balaban J connectivity index is 1.79. The minimum Gasteiger partial charge on any atom is -0.469 e. The molecule has 21 heavy (non-hydrogen) atoms. The van der Waals surface area contributed by atoms with Gasteiger partial charge in [0.2, 0.25) is 0 Å². The van der Waals surface area contributed by atoms with E-state index in [0.717, 1.165) is 31.0 Å². The Morgan fingerprint density at radius 3 is 2.81 bits per heavy atom. The fourth-order valence-corrected chi connectivity index (χ4v) is 3.00. The van der Waals surface area contributed by atoms with Crippen molar-refractivity contribution in [2.24, 2.45) is 0 Å². The maximum Gasteiger partial charge on any atom is 0.257 e. The number of hydrogen-bond acceptors (Lipinski definition) is 4. The molecule has 112 valence electrons. The molecule has 0 spiro atoms. The van der Waals surface area contributed by atoms with Crippen LogP contribution in [0.2, 0.25) is 0 Å². The van der Waals surface area contributed by atoms with Crippen LogP contribution in [-0.2, 0) is 0 Å². The van der Waals surface area contributed by atoms with Gasteiger partial charge in [0, 0.05) is 13.1 Å². The van der Waals surface area contributed by atoms with E-state index in [-0.39, 0.29) is 11.9 Å². The first-order valence-corrected chi connectivity index (χ1v) is 7.29. The van der Waals surface area contributed by atoms with Crippen LogP contribution < -0.4 is 0 Å². The number of carbonyl (C=O) groups excluding carboxylic acids is 1. The summed E-state index contributed by atoms with van der Waals surface area (Å²) in [5.74, 6) is 2.41. The van der Waals surface area contributed by atoms with Crippen molar-refractivity contribution in [1.82, 2.24) is 19.7 Å². The fraction of sp³-hybridized carbons (Fsp3) is 0.533. The number of rotatable bonds is 2. The van der Waals surface area contributed by atoms with Crippen molar-refractivity contribution in [2.75, 3.05) is 13.1 Å². The van der Waals surface area contributed by atoms with Crippen LogP contribution in [-0.4, -0.2) is 38.7 Å². The molecule has 1 aliphatic heterocycles. The summed E-state index contributed by atoms with van der Waals surface area (Å²) in [5.41, 5.74) is 0.655. The lowest BCUT2D eigenvalue weighted by atomic mass is 10.0. The number of furan rings is 1. The normalized spacial score (nSPS) is 19.0. The van der Waals surface area contributed by atoms with Gasteiger partial charge in [-0.25, -0.2) is 9.67 Å². The summed E-state index contributed by atoms with van der Waals surface area (Å²) in [6, 6.07) is 1.95. The molecule has 0 N–H and O–H groups in total. The second-order valence-electron chi connectivity index (χ2n) is 5.59. The van der Waals surface area contributed by atoms with Crippen LogP contribution in [0, 0.1) is 20.8 Å². The molecule has 2 aromatic heterocycles. The maximum absolute atomic E-state index is 12.6. The van der Waals surface area contributed by atoms with Crippen molar-refractivity contribution in [2.45, 2.75) is 39.7 Å². The van der Waals surface area contributed by atoms with E-state index < -0.39 is 0 Å². The Labute approximate surface area is 123 Å². The monoisotopic (exact) mass is 288 g/mol. The number of nitrogens with zero attached hydrogens (tertiary/aromatic N) is 4. The van der Waals surface area contributed by atoms with Gasteiger partial charge in [-0.1, -0.05) is 0 Å². The van der Waals surface area contributed by atoms with Gasteiger partial charge in [0.25, 0.3) is 5.91 Å². The Morgan fingerprint density at radius 2 is 2.19 bits per heavy atom. The highest BCUT2D eigenvalue weighted by atomic mass is 16.3. The fourth-order valence-electron chi connectivity index (χ4n) is 3.00. The zero-order valence-corrected chi connectivity index (χ0v) is 12.7. The van der Waals surface area contributed by atoms with Crippen LogP contribution in [0.4, 0.5) is 0 Å². The number of hydrogen-bond donors (Lipinski definition) is 0. The number of aryl methyl sites for hydroxylation is 3. The Bertz CT molecular complexity index is 658. The van der Waals surface area contributed by atoms with Crippen molar-refractivity contribution in [3.05, 3.63) is 35.3 Å². The lowest BCUT2D eigenvalue weighted by Crippen LogP contribution is -2.41. The number of likely N-dealkylation sites (tertiary alicyclic amines) is 1. The molecule has 0 saturated carbocycles. The largest absolute Gasteiger partial charge is 0.469 e. The van der Waals surface area contributed by atoms with E-state index in [4.69, 9.17) is 4.42 Å². The second-order valence-corrected chi connectivity index (χ2v) is 5.59. The Kier molecular flexibility index (Phi) is 3.53. The third kappa shape index (κ3) is 2.57. The topological polar surface area (TPSA) is 64.2 Å². The molecule has 3 rings (SSSR count). The summed E-state index contributed by atoms with van der Waals surface area (Å²) in [5, 5.41) is 4.46. The molecule has 1 saturated heterocycles. The first-order chi connectivity index (χ1) is 10.1. The number of piperidine rings is 1. The molecular formula is C15H20N4O2. The van der Waals surface area contributed by atoms with Gasteiger partial charge in [-0.3, -0.25) is 4.79 Å². The predicted octanol–water partition coefficient (Wildman–Crippen LogP) is 2.27. The van der Waals surface area contributed by atoms with E-state index in [1.54, 1.807) is 12.3 Å². The van der Waals surface area contributed by atoms with E-state index in [1.807, 2.05) is 30.4 Å². The summed E-state index contributed by atoms with van der Waals surface area (Å²) in [6.07, 6.45) is 3.57. The van der Waals surface area contributed by atoms with E-state index in [1.165, 1.54) is 0 Å². The quantitative estimate of drug-likeness (QED) is 0.850. The third-order valence-corrected chi connectivity index (χ3v) is 4.03. The van der Waals surface area contributed by atoms with Gasteiger partial charge in [0.1, 0.15) is 17.4 Å². The second kappa shape index (κ2) is 5.35.